The van der Waals surface area contributed by atoms with Crippen LogP contribution in [0.2, 0.25) is 5.02 Å². The van der Waals surface area contributed by atoms with Crippen LogP contribution in [0.1, 0.15) is 11.1 Å². The van der Waals surface area contributed by atoms with Crippen molar-refractivity contribution in [3.05, 3.63) is 34.3 Å². The smallest absolute Gasteiger partial charge is 0.390 e. The lowest BCUT2D eigenvalue weighted by Crippen LogP contribution is -2.47. The number of benzene rings is 1. The molecule has 3 atom stereocenters. The van der Waals surface area contributed by atoms with Gasteiger partial charge in [0.25, 0.3) is 0 Å². The Balaban J connectivity index is 1.95. The number of rotatable bonds is 4. The van der Waals surface area contributed by atoms with Crippen molar-refractivity contribution in [2.45, 2.75) is 24.9 Å². The van der Waals surface area contributed by atoms with Crippen LogP contribution in [0, 0.1) is 5.92 Å². The zero-order chi connectivity index (χ0) is 16.3. The van der Waals surface area contributed by atoms with Crippen molar-refractivity contribution in [2.24, 2.45) is 5.92 Å². The van der Waals surface area contributed by atoms with E-state index in [4.69, 9.17) is 16.3 Å². The molecule has 0 radical (unpaired) electrons. The topological polar surface area (TPSA) is 61.7 Å². The molecule has 1 aliphatic heterocycles. The zero-order valence-electron chi connectivity index (χ0n) is 11.6. The number of ether oxygens (including phenoxy) is 1. The molecule has 3 N–H and O–H groups in total. The van der Waals surface area contributed by atoms with Crippen molar-refractivity contribution in [3.8, 4) is 0 Å². The molecule has 0 aliphatic carbocycles. The molecule has 22 heavy (non-hydrogen) atoms. The van der Waals surface area contributed by atoms with E-state index in [9.17, 15) is 23.4 Å². The number of alkyl halides is 3. The maximum Gasteiger partial charge on any atom is 0.417 e. The third kappa shape index (κ3) is 4.11. The summed E-state index contributed by atoms with van der Waals surface area (Å²) in [4.78, 5) is 0. The van der Waals surface area contributed by atoms with E-state index in [2.05, 4.69) is 5.32 Å². The third-order valence-corrected chi connectivity index (χ3v) is 4.05. The van der Waals surface area contributed by atoms with Crippen LogP contribution in [-0.2, 0) is 17.5 Å². The second-order valence-corrected chi connectivity index (χ2v) is 5.64. The lowest BCUT2D eigenvalue weighted by atomic mass is 9.96. The predicted molar refractivity (Wildman–Crippen MR) is 74.5 cm³/mol. The summed E-state index contributed by atoms with van der Waals surface area (Å²) in [5.74, 6) is -0.326. The Morgan fingerprint density at radius 1 is 1.27 bits per heavy atom. The molecule has 0 bridgehead atoms. The average Bonchev–Trinajstić information content (AvgIpc) is 2.44. The predicted octanol–water partition coefficient (Wildman–Crippen LogP) is 1.82. The van der Waals surface area contributed by atoms with Gasteiger partial charge in [-0.1, -0.05) is 23.7 Å². The molecule has 0 amide bonds. The van der Waals surface area contributed by atoms with Gasteiger partial charge in [-0.2, -0.15) is 13.2 Å². The molecule has 0 spiro atoms. The fraction of sp³-hybridized carbons (Fsp3) is 0.571. The monoisotopic (exact) mass is 339 g/mol. The lowest BCUT2D eigenvalue weighted by Gasteiger charge is -2.32. The summed E-state index contributed by atoms with van der Waals surface area (Å²) in [6.45, 7) is 0.783. The molecule has 0 aromatic heterocycles. The number of nitrogens with one attached hydrogen (secondary N) is 1. The first-order chi connectivity index (χ1) is 10.3. The van der Waals surface area contributed by atoms with Gasteiger partial charge in [0.2, 0.25) is 0 Å². The number of aliphatic hydroxyl groups excluding tert-OH is 2. The van der Waals surface area contributed by atoms with E-state index in [1.807, 2.05) is 0 Å². The summed E-state index contributed by atoms with van der Waals surface area (Å²) >= 11 is 5.79. The molecule has 1 aliphatic rings. The van der Waals surface area contributed by atoms with Gasteiger partial charge in [0.15, 0.2) is 0 Å². The molecule has 1 aromatic rings. The Labute approximate surface area is 130 Å². The first-order valence-corrected chi connectivity index (χ1v) is 7.17. The second kappa shape index (κ2) is 7.14. The van der Waals surface area contributed by atoms with Crippen molar-refractivity contribution in [1.29, 1.82) is 0 Å². The molecule has 1 saturated heterocycles. The number of aliphatic hydroxyl groups is 2. The number of hydrogen-bond donors (Lipinski definition) is 3. The van der Waals surface area contributed by atoms with Gasteiger partial charge in [0.1, 0.15) is 6.10 Å². The van der Waals surface area contributed by atoms with Gasteiger partial charge < -0.3 is 20.3 Å². The molecule has 1 heterocycles. The Morgan fingerprint density at radius 2 is 2.00 bits per heavy atom. The van der Waals surface area contributed by atoms with Crippen LogP contribution in [0.15, 0.2) is 18.2 Å². The number of hydrogen-bond acceptors (Lipinski definition) is 4. The van der Waals surface area contributed by atoms with E-state index in [-0.39, 0.29) is 30.7 Å². The molecule has 4 nitrogen and oxygen atoms in total. The summed E-state index contributed by atoms with van der Waals surface area (Å²) in [6.07, 6.45) is -6.36. The van der Waals surface area contributed by atoms with Crippen molar-refractivity contribution >= 4 is 11.6 Å². The van der Waals surface area contributed by atoms with Gasteiger partial charge in [-0.3, -0.25) is 0 Å². The Morgan fingerprint density at radius 3 is 2.68 bits per heavy atom. The largest absolute Gasteiger partial charge is 0.417 e. The molecule has 0 unspecified atom stereocenters. The lowest BCUT2D eigenvalue weighted by molar-refractivity contribution is -0.137. The second-order valence-electron chi connectivity index (χ2n) is 5.26. The van der Waals surface area contributed by atoms with Gasteiger partial charge in [-0.25, -0.2) is 0 Å². The van der Waals surface area contributed by atoms with Gasteiger partial charge in [-0.15, -0.1) is 0 Å². The molecular weight excluding hydrogens is 323 g/mol. The van der Waals surface area contributed by atoms with E-state index in [0.29, 0.717) is 12.1 Å². The van der Waals surface area contributed by atoms with Crippen molar-refractivity contribution in [1.82, 2.24) is 5.32 Å². The summed E-state index contributed by atoms with van der Waals surface area (Å²) in [5.41, 5.74) is -0.548. The van der Waals surface area contributed by atoms with Crippen molar-refractivity contribution < 1.29 is 28.1 Å². The molecule has 124 valence electrons. The minimum absolute atomic E-state index is 0.0805. The van der Waals surface area contributed by atoms with E-state index < -0.39 is 23.9 Å². The molecular formula is C14H17ClF3NO3. The standard InChI is InChI=1S/C14H17ClF3NO3/c15-12-8(2-1-3-10(12)14(16,17)18)4-19-5-9-6-22-7-11(20)13(9)21/h1-3,9,11,13,19-21H,4-7H2/t9-,11-,13+/m1/s1. The Hall–Kier alpha value is -0.860. The van der Waals surface area contributed by atoms with Crippen LogP contribution < -0.4 is 5.32 Å². The van der Waals surface area contributed by atoms with Crippen LogP contribution in [0.5, 0.6) is 0 Å². The highest BCUT2D eigenvalue weighted by molar-refractivity contribution is 6.32. The van der Waals surface area contributed by atoms with Gasteiger partial charge in [0.05, 0.1) is 29.9 Å². The van der Waals surface area contributed by atoms with Crippen LogP contribution >= 0.6 is 11.6 Å². The molecule has 1 fully saturated rings. The van der Waals surface area contributed by atoms with Crippen molar-refractivity contribution in [3.63, 3.8) is 0 Å². The summed E-state index contributed by atoms with van der Waals surface area (Å²) in [6, 6.07) is 3.74. The maximum absolute atomic E-state index is 12.8. The molecule has 1 aromatic carbocycles. The van der Waals surface area contributed by atoms with Crippen LogP contribution in [-0.4, -0.2) is 42.2 Å². The number of halogens is 4. The Bertz CT molecular complexity index is 513. The molecule has 8 heteroatoms. The van der Waals surface area contributed by atoms with Crippen LogP contribution in [0.3, 0.4) is 0 Å². The van der Waals surface area contributed by atoms with E-state index in [1.165, 1.54) is 12.1 Å². The van der Waals surface area contributed by atoms with Crippen molar-refractivity contribution in [2.75, 3.05) is 19.8 Å². The van der Waals surface area contributed by atoms with Gasteiger partial charge >= 0.3 is 6.18 Å². The van der Waals surface area contributed by atoms with Gasteiger partial charge in [-0.05, 0) is 11.6 Å². The highest BCUT2D eigenvalue weighted by Gasteiger charge is 2.34. The van der Waals surface area contributed by atoms with E-state index in [0.717, 1.165) is 6.07 Å². The minimum atomic E-state index is -4.50. The van der Waals surface area contributed by atoms with E-state index >= 15 is 0 Å². The highest BCUT2D eigenvalue weighted by atomic mass is 35.5. The quantitative estimate of drug-likeness (QED) is 0.783. The SMILES string of the molecule is O[C@H]1[C@H](CNCc2cccc(C(F)(F)F)c2Cl)COC[C@H]1O. The molecule has 0 saturated carbocycles. The summed E-state index contributed by atoms with van der Waals surface area (Å²) in [7, 11) is 0. The first-order valence-electron chi connectivity index (χ1n) is 6.80. The van der Waals surface area contributed by atoms with Crippen LogP contribution in [0.4, 0.5) is 13.2 Å². The maximum atomic E-state index is 12.8. The zero-order valence-corrected chi connectivity index (χ0v) is 12.4. The van der Waals surface area contributed by atoms with E-state index in [1.54, 1.807) is 0 Å². The fourth-order valence-corrected chi connectivity index (χ4v) is 2.66. The third-order valence-electron chi connectivity index (χ3n) is 3.60. The fourth-order valence-electron chi connectivity index (χ4n) is 2.36. The normalized spacial score (nSPS) is 26.2. The summed E-state index contributed by atoms with van der Waals surface area (Å²) < 4.78 is 43.4. The van der Waals surface area contributed by atoms with Gasteiger partial charge in [0, 0.05) is 19.0 Å². The highest BCUT2D eigenvalue weighted by Crippen LogP contribution is 2.36. The Kier molecular flexibility index (Phi) is 5.68. The summed E-state index contributed by atoms with van der Waals surface area (Å²) in [5, 5.41) is 21.9. The average molecular weight is 340 g/mol. The first kappa shape index (κ1) is 17.5. The molecule has 2 rings (SSSR count). The minimum Gasteiger partial charge on any atom is -0.390 e. The van der Waals surface area contributed by atoms with Crippen LogP contribution in [0.25, 0.3) is 0 Å².